The van der Waals surface area contributed by atoms with Crippen molar-refractivity contribution in [3.05, 3.63) is 42.4 Å². The molecule has 1 amide bonds. The number of piperidine rings is 1. The zero-order chi connectivity index (χ0) is 20.1. The van der Waals surface area contributed by atoms with E-state index in [4.69, 9.17) is 9.47 Å². The molecule has 2 saturated heterocycles. The van der Waals surface area contributed by atoms with Crippen LogP contribution in [0.2, 0.25) is 0 Å². The summed E-state index contributed by atoms with van der Waals surface area (Å²) in [6.45, 7) is 4.15. The average Bonchev–Trinajstić information content (AvgIpc) is 3.28. The number of para-hydroxylation sites is 2. The molecule has 7 heteroatoms. The highest BCUT2D eigenvalue weighted by molar-refractivity contribution is 5.78. The summed E-state index contributed by atoms with van der Waals surface area (Å²) >= 11 is 0. The van der Waals surface area contributed by atoms with E-state index in [2.05, 4.69) is 14.9 Å². The van der Waals surface area contributed by atoms with Gasteiger partial charge in [0.2, 0.25) is 11.8 Å². The topological polar surface area (TPSA) is 67.8 Å². The van der Waals surface area contributed by atoms with Gasteiger partial charge in [-0.1, -0.05) is 12.1 Å². The molecule has 2 aliphatic rings. The Morgan fingerprint density at radius 2 is 1.72 bits per heavy atom. The average molecular weight is 396 g/mol. The summed E-state index contributed by atoms with van der Waals surface area (Å²) in [6, 6.07) is 7.52. The van der Waals surface area contributed by atoms with Crippen LogP contribution in [0.25, 0.3) is 0 Å². The first-order valence-corrected chi connectivity index (χ1v) is 10.4. The molecule has 1 aromatic heterocycles. The largest absolute Gasteiger partial charge is 0.493 e. The van der Waals surface area contributed by atoms with E-state index in [1.165, 1.54) is 12.8 Å². The standard InChI is InChI=1S/C22H28N4O3/c1-28-18-6-2-3-7-19(18)29-22-21(23-10-11-24-22)17-8-14-26(15-9-17)20(27)16-25-12-4-5-13-25/h2-3,6-7,10-11,17H,4-5,8-9,12-16H2,1H3. The molecular weight excluding hydrogens is 368 g/mol. The molecule has 29 heavy (non-hydrogen) atoms. The number of rotatable bonds is 6. The Morgan fingerprint density at radius 3 is 2.45 bits per heavy atom. The quantitative estimate of drug-likeness (QED) is 0.748. The van der Waals surface area contributed by atoms with E-state index in [1.54, 1.807) is 19.5 Å². The number of carbonyl (C=O) groups is 1. The monoisotopic (exact) mass is 396 g/mol. The zero-order valence-electron chi connectivity index (χ0n) is 16.9. The van der Waals surface area contributed by atoms with Crippen molar-refractivity contribution >= 4 is 5.91 Å². The van der Waals surface area contributed by atoms with Crippen molar-refractivity contribution in [2.24, 2.45) is 0 Å². The van der Waals surface area contributed by atoms with Crippen LogP contribution >= 0.6 is 0 Å². The van der Waals surface area contributed by atoms with E-state index in [1.807, 2.05) is 29.2 Å². The molecule has 0 aliphatic carbocycles. The number of ether oxygens (including phenoxy) is 2. The van der Waals surface area contributed by atoms with Gasteiger partial charge in [-0.3, -0.25) is 14.7 Å². The van der Waals surface area contributed by atoms with E-state index < -0.39 is 0 Å². The van der Waals surface area contributed by atoms with Gasteiger partial charge in [0.05, 0.1) is 13.7 Å². The van der Waals surface area contributed by atoms with Crippen LogP contribution in [-0.4, -0.2) is 65.5 Å². The summed E-state index contributed by atoms with van der Waals surface area (Å²) in [6.07, 6.45) is 7.49. The van der Waals surface area contributed by atoms with Gasteiger partial charge in [-0.25, -0.2) is 4.98 Å². The van der Waals surface area contributed by atoms with Crippen molar-refractivity contribution in [1.82, 2.24) is 19.8 Å². The SMILES string of the molecule is COc1ccccc1Oc1nccnc1C1CCN(C(=O)CN2CCCC2)CC1. The molecule has 154 valence electrons. The van der Waals surface area contributed by atoms with Crippen molar-refractivity contribution in [1.29, 1.82) is 0 Å². The van der Waals surface area contributed by atoms with E-state index in [-0.39, 0.29) is 11.8 Å². The van der Waals surface area contributed by atoms with Gasteiger partial charge in [-0.15, -0.1) is 0 Å². The third-order valence-electron chi connectivity index (χ3n) is 5.76. The van der Waals surface area contributed by atoms with Crippen LogP contribution in [-0.2, 0) is 4.79 Å². The maximum absolute atomic E-state index is 12.6. The normalized spacial score (nSPS) is 18.0. The lowest BCUT2D eigenvalue weighted by molar-refractivity contribution is -0.133. The number of carbonyl (C=O) groups excluding carboxylic acids is 1. The lowest BCUT2D eigenvalue weighted by Crippen LogP contribution is -2.43. The number of nitrogens with zero attached hydrogens (tertiary/aromatic N) is 4. The number of benzene rings is 1. The van der Waals surface area contributed by atoms with E-state index in [0.717, 1.165) is 44.7 Å². The molecule has 0 bridgehead atoms. The fourth-order valence-electron chi connectivity index (χ4n) is 4.14. The van der Waals surface area contributed by atoms with E-state index >= 15 is 0 Å². The predicted molar refractivity (Wildman–Crippen MR) is 109 cm³/mol. The van der Waals surface area contributed by atoms with Gasteiger partial charge < -0.3 is 14.4 Å². The summed E-state index contributed by atoms with van der Waals surface area (Å²) in [7, 11) is 1.62. The Morgan fingerprint density at radius 1 is 1.03 bits per heavy atom. The maximum Gasteiger partial charge on any atom is 0.241 e. The number of amides is 1. The van der Waals surface area contributed by atoms with Gasteiger partial charge in [-0.2, -0.15) is 0 Å². The lowest BCUT2D eigenvalue weighted by Gasteiger charge is -2.33. The molecule has 0 N–H and O–H groups in total. The number of aromatic nitrogens is 2. The minimum absolute atomic E-state index is 0.226. The highest BCUT2D eigenvalue weighted by Gasteiger charge is 2.28. The van der Waals surface area contributed by atoms with Crippen molar-refractivity contribution in [2.75, 3.05) is 39.8 Å². The lowest BCUT2D eigenvalue weighted by atomic mass is 9.93. The van der Waals surface area contributed by atoms with Gasteiger partial charge in [-0.05, 0) is 50.9 Å². The molecule has 4 rings (SSSR count). The first-order chi connectivity index (χ1) is 14.2. The maximum atomic E-state index is 12.6. The molecular formula is C22H28N4O3. The first-order valence-electron chi connectivity index (χ1n) is 10.4. The minimum atomic E-state index is 0.226. The number of hydrogen-bond acceptors (Lipinski definition) is 6. The number of methoxy groups -OCH3 is 1. The molecule has 2 fully saturated rings. The fourth-order valence-corrected chi connectivity index (χ4v) is 4.14. The van der Waals surface area contributed by atoms with Gasteiger partial charge >= 0.3 is 0 Å². The smallest absolute Gasteiger partial charge is 0.241 e. The van der Waals surface area contributed by atoms with Crippen LogP contribution in [0.5, 0.6) is 17.4 Å². The second-order valence-electron chi connectivity index (χ2n) is 7.64. The van der Waals surface area contributed by atoms with Gasteiger partial charge in [0.15, 0.2) is 11.5 Å². The zero-order valence-corrected chi connectivity index (χ0v) is 16.9. The molecule has 0 spiro atoms. The third-order valence-corrected chi connectivity index (χ3v) is 5.76. The second kappa shape index (κ2) is 9.22. The molecule has 7 nitrogen and oxygen atoms in total. The molecule has 1 aromatic carbocycles. The molecule has 3 heterocycles. The summed E-state index contributed by atoms with van der Waals surface area (Å²) in [4.78, 5) is 25.8. The summed E-state index contributed by atoms with van der Waals surface area (Å²) in [5, 5.41) is 0. The summed E-state index contributed by atoms with van der Waals surface area (Å²) in [5.74, 6) is 2.26. The van der Waals surface area contributed by atoms with Crippen LogP contribution in [0, 0.1) is 0 Å². The van der Waals surface area contributed by atoms with Crippen LogP contribution in [0.15, 0.2) is 36.7 Å². The van der Waals surface area contributed by atoms with Crippen LogP contribution in [0.1, 0.15) is 37.3 Å². The fraction of sp³-hybridized carbons (Fsp3) is 0.500. The van der Waals surface area contributed by atoms with Crippen LogP contribution in [0.4, 0.5) is 0 Å². The van der Waals surface area contributed by atoms with E-state index in [0.29, 0.717) is 23.9 Å². The Bertz CT molecular complexity index is 830. The Hall–Kier alpha value is -2.67. The van der Waals surface area contributed by atoms with Crippen molar-refractivity contribution < 1.29 is 14.3 Å². The summed E-state index contributed by atoms with van der Waals surface area (Å²) < 4.78 is 11.4. The molecule has 2 aliphatic heterocycles. The Kier molecular flexibility index (Phi) is 6.24. The highest BCUT2D eigenvalue weighted by atomic mass is 16.5. The summed E-state index contributed by atoms with van der Waals surface area (Å²) in [5.41, 5.74) is 0.852. The van der Waals surface area contributed by atoms with Crippen LogP contribution < -0.4 is 9.47 Å². The van der Waals surface area contributed by atoms with Crippen LogP contribution in [0.3, 0.4) is 0 Å². The van der Waals surface area contributed by atoms with Gasteiger partial charge in [0.25, 0.3) is 0 Å². The van der Waals surface area contributed by atoms with Crippen molar-refractivity contribution in [3.8, 4) is 17.4 Å². The Labute approximate surface area is 171 Å². The molecule has 0 unspecified atom stereocenters. The van der Waals surface area contributed by atoms with Gasteiger partial charge in [0, 0.05) is 31.4 Å². The van der Waals surface area contributed by atoms with Crippen molar-refractivity contribution in [3.63, 3.8) is 0 Å². The highest BCUT2D eigenvalue weighted by Crippen LogP contribution is 2.36. The molecule has 0 radical (unpaired) electrons. The molecule has 0 atom stereocenters. The Balaban J connectivity index is 1.40. The third kappa shape index (κ3) is 4.67. The predicted octanol–water partition coefficient (Wildman–Crippen LogP) is 3.08. The number of likely N-dealkylation sites (tertiary alicyclic amines) is 2. The second-order valence-corrected chi connectivity index (χ2v) is 7.64. The van der Waals surface area contributed by atoms with E-state index in [9.17, 15) is 4.79 Å². The molecule has 2 aromatic rings. The van der Waals surface area contributed by atoms with Crippen molar-refractivity contribution in [2.45, 2.75) is 31.6 Å². The molecule has 0 saturated carbocycles. The number of hydrogen-bond donors (Lipinski definition) is 0. The van der Waals surface area contributed by atoms with Gasteiger partial charge in [0.1, 0.15) is 5.69 Å². The minimum Gasteiger partial charge on any atom is -0.493 e. The first kappa shape index (κ1) is 19.6.